The summed E-state index contributed by atoms with van der Waals surface area (Å²) < 4.78 is 16.9. The molecule has 4 nitrogen and oxygen atoms in total. The fourth-order valence-electron chi connectivity index (χ4n) is 1.98. The molecule has 126 valence electrons. The standard InChI is InChI=1S/C18H17NO3.C2H6/c1-13-6-8-15(9-7-13)22-17-5-3-4-16(10-17)20-12-18-19-11-14(2)21-18;1-2/h3-11H,12H2,1-2H3;1-2H3. The zero-order valence-electron chi connectivity index (χ0n) is 14.6. The smallest absolute Gasteiger partial charge is 0.232 e. The number of benzene rings is 2. The highest BCUT2D eigenvalue weighted by Crippen LogP contribution is 2.25. The molecular formula is C20H23NO3. The summed E-state index contributed by atoms with van der Waals surface area (Å²) in [6.45, 7) is 8.19. The Hall–Kier alpha value is -2.75. The average Bonchev–Trinajstić information content (AvgIpc) is 3.03. The fraction of sp³-hybridized carbons (Fsp3) is 0.250. The molecular weight excluding hydrogens is 302 g/mol. The van der Waals surface area contributed by atoms with Crippen molar-refractivity contribution in [2.24, 2.45) is 0 Å². The first-order valence-corrected chi connectivity index (χ1v) is 8.08. The predicted octanol–water partition coefficient (Wildman–Crippen LogP) is 5.69. The first-order chi connectivity index (χ1) is 11.7. The summed E-state index contributed by atoms with van der Waals surface area (Å²) in [4.78, 5) is 4.11. The minimum absolute atomic E-state index is 0.293. The van der Waals surface area contributed by atoms with Crippen molar-refractivity contribution in [1.82, 2.24) is 4.98 Å². The maximum Gasteiger partial charge on any atom is 0.232 e. The van der Waals surface area contributed by atoms with Crippen LogP contribution in [0.4, 0.5) is 0 Å². The minimum Gasteiger partial charge on any atom is -0.484 e. The molecule has 0 bridgehead atoms. The zero-order chi connectivity index (χ0) is 17.4. The van der Waals surface area contributed by atoms with E-state index in [2.05, 4.69) is 4.98 Å². The van der Waals surface area contributed by atoms with Gasteiger partial charge in [-0.3, -0.25) is 0 Å². The molecule has 0 spiro atoms. The number of hydrogen-bond donors (Lipinski definition) is 0. The molecule has 1 heterocycles. The number of oxazole rings is 1. The topological polar surface area (TPSA) is 44.5 Å². The van der Waals surface area contributed by atoms with Crippen LogP contribution in [0.25, 0.3) is 0 Å². The highest BCUT2D eigenvalue weighted by Gasteiger charge is 2.04. The summed E-state index contributed by atoms with van der Waals surface area (Å²) in [5.74, 6) is 3.56. The van der Waals surface area contributed by atoms with Gasteiger partial charge in [-0.15, -0.1) is 0 Å². The summed E-state index contributed by atoms with van der Waals surface area (Å²) >= 11 is 0. The Morgan fingerprint density at radius 2 is 1.62 bits per heavy atom. The molecule has 0 radical (unpaired) electrons. The van der Waals surface area contributed by atoms with Gasteiger partial charge in [0.1, 0.15) is 23.0 Å². The van der Waals surface area contributed by atoms with E-state index in [1.54, 1.807) is 6.20 Å². The van der Waals surface area contributed by atoms with Gasteiger partial charge in [-0.1, -0.05) is 37.6 Å². The number of rotatable bonds is 5. The molecule has 0 fully saturated rings. The van der Waals surface area contributed by atoms with Crippen LogP contribution >= 0.6 is 0 Å². The molecule has 0 amide bonds. The molecule has 1 aromatic heterocycles. The van der Waals surface area contributed by atoms with Crippen LogP contribution in [0, 0.1) is 13.8 Å². The van der Waals surface area contributed by atoms with Crippen LogP contribution in [0.5, 0.6) is 17.2 Å². The summed E-state index contributed by atoms with van der Waals surface area (Å²) in [5, 5.41) is 0. The number of aromatic nitrogens is 1. The molecule has 3 aromatic rings. The van der Waals surface area contributed by atoms with Gasteiger partial charge in [-0.05, 0) is 38.1 Å². The van der Waals surface area contributed by atoms with E-state index in [0.717, 1.165) is 17.3 Å². The molecule has 0 aliphatic heterocycles. The van der Waals surface area contributed by atoms with E-state index in [1.165, 1.54) is 5.56 Å². The van der Waals surface area contributed by atoms with Crippen molar-refractivity contribution in [3.05, 3.63) is 71.9 Å². The Morgan fingerprint density at radius 1 is 0.917 bits per heavy atom. The molecule has 0 atom stereocenters. The highest BCUT2D eigenvalue weighted by atomic mass is 16.5. The summed E-state index contributed by atoms with van der Waals surface area (Å²) in [6, 6.07) is 15.4. The van der Waals surface area contributed by atoms with Crippen LogP contribution in [-0.2, 0) is 6.61 Å². The molecule has 4 heteroatoms. The number of hydrogen-bond acceptors (Lipinski definition) is 4. The van der Waals surface area contributed by atoms with E-state index in [4.69, 9.17) is 13.9 Å². The molecule has 3 rings (SSSR count). The SMILES string of the molecule is CC.Cc1ccc(Oc2cccc(OCc3ncc(C)o3)c2)cc1. The van der Waals surface area contributed by atoms with E-state index in [0.29, 0.717) is 18.2 Å². The van der Waals surface area contributed by atoms with Crippen molar-refractivity contribution in [1.29, 1.82) is 0 Å². The van der Waals surface area contributed by atoms with Gasteiger partial charge in [0.2, 0.25) is 5.89 Å². The summed E-state index contributed by atoms with van der Waals surface area (Å²) in [7, 11) is 0. The third kappa shape index (κ3) is 5.16. The van der Waals surface area contributed by atoms with E-state index in [1.807, 2.05) is 76.2 Å². The van der Waals surface area contributed by atoms with Gasteiger partial charge >= 0.3 is 0 Å². The van der Waals surface area contributed by atoms with Crippen molar-refractivity contribution >= 4 is 0 Å². The Balaban J connectivity index is 0.00000100. The van der Waals surface area contributed by atoms with Gasteiger partial charge in [0, 0.05) is 6.07 Å². The lowest BCUT2D eigenvalue weighted by molar-refractivity contribution is 0.259. The van der Waals surface area contributed by atoms with Gasteiger partial charge in [-0.25, -0.2) is 4.98 Å². The van der Waals surface area contributed by atoms with Crippen molar-refractivity contribution in [3.8, 4) is 17.2 Å². The van der Waals surface area contributed by atoms with Crippen molar-refractivity contribution in [2.45, 2.75) is 34.3 Å². The fourth-order valence-corrected chi connectivity index (χ4v) is 1.98. The summed E-state index contributed by atoms with van der Waals surface area (Å²) in [5.41, 5.74) is 1.20. The maximum atomic E-state index is 5.81. The van der Waals surface area contributed by atoms with Gasteiger partial charge in [0.15, 0.2) is 6.61 Å². The normalized spacial score (nSPS) is 9.83. The third-order valence-corrected chi connectivity index (χ3v) is 3.09. The lowest BCUT2D eigenvalue weighted by atomic mass is 10.2. The van der Waals surface area contributed by atoms with Crippen LogP contribution in [0.15, 0.2) is 59.1 Å². The maximum absolute atomic E-state index is 5.81. The Labute approximate surface area is 143 Å². The second kappa shape index (κ2) is 8.77. The Bertz CT molecular complexity index is 748. The Kier molecular flexibility index (Phi) is 6.43. The van der Waals surface area contributed by atoms with Crippen LogP contribution in [-0.4, -0.2) is 4.98 Å². The Morgan fingerprint density at radius 3 is 2.29 bits per heavy atom. The number of aryl methyl sites for hydroxylation is 2. The second-order valence-electron chi connectivity index (χ2n) is 5.04. The molecule has 0 unspecified atom stereocenters. The molecule has 0 N–H and O–H groups in total. The molecule has 24 heavy (non-hydrogen) atoms. The van der Waals surface area contributed by atoms with E-state index in [9.17, 15) is 0 Å². The van der Waals surface area contributed by atoms with Gasteiger partial charge in [0.05, 0.1) is 6.20 Å². The van der Waals surface area contributed by atoms with E-state index >= 15 is 0 Å². The number of ether oxygens (including phenoxy) is 2. The summed E-state index contributed by atoms with van der Waals surface area (Å²) in [6.07, 6.45) is 1.68. The first-order valence-electron chi connectivity index (χ1n) is 8.08. The van der Waals surface area contributed by atoms with Gasteiger partial charge in [-0.2, -0.15) is 0 Å². The molecule has 0 aliphatic rings. The van der Waals surface area contributed by atoms with Crippen molar-refractivity contribution in [2.75, 3.05) is 0 Å². The van der Waals surface area contributed by atoms with E-state index < -0.39 is 0 Å². The monoisotopic (exact) mass is 325 g/mol. The van der Waals surface area contributed by atoms with Crippen molar-refractivity contribution < 1.29 is 13.9 Å². The predicted molar refractivity (Wildman–Crippen MR) is 94.6 cm³/mol. The van der Waals surface area contributed by atoms with Crippen LogP contribution in [0.2, 0.25) is 0 Å². The lowest BCUT2D eigenvalue weighted by Crippen LogP contribution is -1.95. The van der Waals surface area contributed by atoms with Crippen molar-refractivity contribution in [3.63, 3.8) is 0 Å². The van der Waals surface area contributed by atoms with E-state index in [-0.39, 0.29) is 0 Å². The largest absolute Gasteiger partial charge is 0.484 e. The van der Waals surface area contributed by atoms with Crippen LogP contribution in [0.1, 0.15) is 31.1 Å². The first kappa shape index (κ1) is 17.6. The molecule has 0 saturated heterocycles. The van der Waals surface area contributed by atoms with Gasteiger partial charge in [0.25, 0.3) is 0 Å². The minimum atomic E-state index is 0.293. The lowest BCUT2D eigenvalue weighted by Gasteiger charge is -2.08. The second-order valence-corrected chi connectivity index (χ2v) is 5.04. The highest BCUT2D eigenvalue weighted by molar-refractivity contribution is 5.37. The molecule has 2 aromatic carbocycles. The van der Waals surface area contributed by atoms with Gasteiger partial charge < -0.3 is 13.9 Å². The molecule has 0 aliphatic carbocycles. The van der Waals surface area contributed by atoms with Crippen LogP contribution in [0.3, 0.4) is 0 Å². The van der Waals surface area contributed by atoms with Crippen LogP contribution < -0.4 is 9.47 Å². The number of nitrogens with zero attached hydrogens (tertiary/aromatic N) is 1. The average molecular weight is 325 g/mol. The zero-order valence-corrected chi connectivity index (χ0v) is 14.6. The third-order valence-electron chi connectivity index (χ3n) is 3.09. The quantitative estimate of drug-likeness (QED) is 0.604. The molecule has 0 saturated carbocycles.